The molecule has 2 heterocycles. The molecule has 1 aromatic carbocycles. The van der Waals surface area contributed by atoms with Gasteiger partial charge in [-0.25, -0.2) is 0 Å². The number of likely N-dealkylation sites (tertiary alicyclic amines) is 1. The normalized spacial score (nSPS) is 25.7. The van der Waals surface area contributed by atoms with Gasteiger partial charge in [-0.2, -0.15) is 0 Å². The lowest BCUT2D eigenvalue weighted by atomic mass is 9.82. The summed E-state index contributed by atoms with van der Waals surface area (Å²) < 4.78 is 6.25. The Bertz CT molecular complexity index is 500. The largest absolute Gasteiger partial charge is 0.493 e. The summed E-state index contributed by atoms with van der Waals surface area (Å²) in [5.41, 5.74) is 2.89. The van der Waals surface area contributed by atoms with Crippen molar-refractivity contribution >= 4 is 5.69 Å². The minimum absolute atomic E-state index is 0.275. The number of hydrogen-bond acceptors (Lipinski definition) is 3. The van der Waals surface area contributed by atoms with Crippen molar-refractivity contribution in [3.8, 4) is 5.75 Å². The number of nitrogens with one attached hydrogen (secondary N) is 1. The quantitative estimate of drug-likeness (QED) is 0.917. The third kappa shape index (κ3) is 3.18. The van der Waals surface area contributed by atoms with Crippen LogP contribution in [0.25, 0.3) is 0 Å². The van der Waals surface area contributed by atoms with E-state index in [-0.39, 0.29) is 5.41 Å². The molecule has 3 rings (SSSR count). The van der Waals surface area contributed by atoms with Crippen LogP contribution in [-0.2, 0) is 6.42 Å². The second-order valence-electron chi connectivity index (χ2n) is 7.23. The number of anilines is 1. The number of hydrogen-bond donors (Lipinski definition) is 1. The van der Waals surface area contributed by atoms with Gasteiger partial charge >= 0.3 is 0 Å². The molecule has 0 bridgehead atoms. The van der Waals surface area contributed by atoms with Crippen LogP contribution >= 0.6 is 0 Å². The lowest BCUT2D eigenvalue weighted by Crippen LogP contribution is -2.47. The summed E-state index contributed by atoms with van der Waals surface area (Å²) in [4.78, 5) is 2.59. The Morgan fingerprint density at radius 1 is 1.38 bits per heavy atom. The fourth-order valence-corrected chi connectivity index (χ4v) is 3.61. The minimum Gasteiger partial charge on any atom is -0.493 e. The molecular formula is C18H28N2O. The molecule has 1 saturated heterocycles. The van der Waals surface area contributed by atoms with Gasteiger partial charge in [-0.15, -0.1) is 0 Å². The van der Waals surface area contributed by atoms with Crippen molar-refractivity contribution in [1.29, 1.82) is 0 Å². The van der Waals surface area contributed by atoms with Gasteiger partial charge in [0.15, 0.2) is 0 Å². The maximum Gasteiger partial charge on any atom is 0.124 e. The summed E-state index contributed by atoms with van der Waals surface area (Å²) in [6, 6.07) is 7.00. The van der Waals surface area contributed by atoms with Crippen molar-refractivity contribution in [2.75, 3.05) is 31.6 Å². The number of nitrogens with zero attached hydrogens (tertiary/aromatic N) is 1. The third-order valence-electron chi connectivity index (χ3n) is 4.94. The first-order chi connectivity index (χ1) is 10.1. The van der Waals surface area contributed by atoms with Crippen LogP contribution in [0.3, 0.4) is 0 Å². The topological polar surface area (TPSA) is 24.5 Å². The summed E-state index contributed by atoms with van der Waals surface area (Å²) in [5, 5.41) is 3.42. The standard InChI is InChI=1S/C18H28N2O/c1-14(2)20-11-5-9-18(3,12-20)13-21-17-7-4-6-16-15(17)8-10-19-16/h4,6-7,14,19H,5,8-13H2,1-3H3. The summed E-state index contributed by atoms with van der Waals surface area (Å²) in [6.07, 6.45) is 3.64. The second kappa shape index (κ2) is 5.88. The van der Waals surface area contributed by atoms with E-state index in [4.69, 9.17) is 4.74 Å². The minimum atomic E-state index is 0.275. The number of ether oxygens (including phenoxy) is 1. The van der Waals surface area contributed by atoms with E-state index in [1.807, 2.05) is 0 Å². The predicted molar refractivity (Wildman–Crippen MR) is 88.2 cm³/mol. The van der Waals surface area contributed by atoms with Crippen LogP contribution in [0.15, 0.2) is 18.2 Å². The zero-order valence-corrected chi connectivity index (χ0v) is 13.6. The van der Waals surface area contributed by atoms with Crippen molar-refractivity contribution in [3.05, 3.63) is 23.8 Å². The smallest absolute Gasteiger partial charge is 0.124 e. The Morgan fingerprint density at radius 2 is 2.24 bits per heavy atom. The molecule has 1 aromatic rings. The van der Waals surface area contributed by atoms with Crippen LogP contribution in [0.5, 0.6) is 5.75 Å². The molecule has 3 nitrogen and oxygen atoms in total. The van der Waals surface area contributed by atoms with Gasteiger partial charge in [0.25, 0.3) is 0 Å². The summed E-state index contributed by atoms with van der Waals surface area (Å²) in [6.45, 7) is 11.2. The average molecular weight is 288 g/mol. The van der Waals surface area contributed by atoms with Gasteiger partial charge in [0, 0.05) is 35.8 Å². The highest BCUT2D eigenvalue weighted by Crippen LogP contribution is 2.35. The first-order valence-corrected chi connectivity index (χ1v) is 8.30. The zero-order chi connectivity index (χ0) is 14.9. The first kappa shape index (κ1) is 14.7. The van der Waals surface area contributed by atoms with Crippen LogP contribution in [0.4, 0.5) is 5.69 Å². The van der Waals surface area contributed by atoms with Crippen LogP contribution in [0, 0.1) is 5.41 Å². The average Bonchev–Trinajstić information content (AvgIpc) is 2.94. The number of piperidine rings is 1. The van der Waals surface area contributed by atoms with Gasteiger partial charge in [-0.1, -0.05) is 13.0 Å². The predicted octanol–water partition coefficient (Wildman–Crippen LogP) is 3.54. The van der Waals surface area contributed by atoms with Gasteiger partial charge in [-0.3, -0.25) is 0 Å². The van der Waals surface area contributed by atoms with E-state index in [2.05, 4.69) is 49.2 Å². The molecule has 1 N–H and O–H groups in total. The molecule has 0 aliphatic carbocycles. The fraction of sp³-hybridized carbons (Fsp3) is 0.667. The van der Waals surface area contributed by atoms with Crippen LogP contribution < -0.4 is 10.1 Å². The molecule has 1 fully saturated rings. The Morgan fingerprint density at radius 3 is 3.05 bits per heavy atom. The van der Waals surface area contributed by atoms with Crippen molar-refractivity contribution in [1.82, 2.24) is 4.90 Å². The van der Waals surface area contributed by atoms with Crippen molar-refractivity contribution in [3.63, 3.8) is 0 Å². The highest BCUT2D eigenvalue weighted by Gasteiger charge is 2.33. The highest BCUT2D eigenvalue weighted by atomic mass is 16.5. The summed E-state index contributed by atoms with van der Waals surface area (Å²) >= 11 is 0. The molecule has 0 saturated carbocycles. The van der Waals surface area contributed by atoms with E-state index in [1.165, 1.54) is 30.6 Å². The Labute approximate surface area is 128 Å². The van der Waals surface area contributed by atoms with Crippen LogP contribution in [0.2, 0.25) is 0 Å². The molecule has 2 aliphatic rings. The number of benzene rings is 1. The van der Waals surface area contributed by atoms with E-state index in [0.717, 1.165) is 31.9 Å². The van der Waals surface area contributed by atoms with E-state index in [0.29, 0.717) is 6.04 Å². The highest BCUT2D eigenvalue weighted by molar-refractivity contribution is 5.61. The van der Waals surface area contributed by atoms with E-state index in [9.17, 15) is 0 Å². The van der Waals surface area contributed by atoms with E-state index < -0.39 is 0 Å². The van der Waals surface area contributed by atoms with Gasteiger partial charge in [0.2, 0.25) is 0 Å². The molecular weight excluding hydrogens is 260 g/mol. The lowest BCUT2D eigenvalue weighted by molar-refractivity contribution is 0.0403. The third-order valence-corrected chi connectivity index (χ3v) is 4.94. The second-order valence-corrected chi connectivity index (χ2v) is 7.23. The van der Waals surface area contributed by atoms with Gasteiger partial charge in [0.05, 0.1) is 6.61 Å². The molecule has 0 radical (unpaired) electrons. The number of fused-ring (bicyclic) bond motifs is 1. The van der Waals surface area contributed by atoms with Crippen LogP contribution in [-0.4, -0.2) is 37.2 Å². The van der Waals surface area contributed by atoms with Crippen molar-refractivity contribution in [2.24, 2.45) is 5.41 Å². The van der Waals surface area contributed by atoms with Gasteiger partial charge in [0.1, 0.15) is 5.75 Å². The van der Waals surface area contributed by atoms with Crippen molar-refractivity contribution in [2.45, 2.75) is 46.1 Å². The monoisotopic (exact) mass is 288 g/mol. The summed E-state index contributed by atoms with van der Waals surface area (Å²) in [7, 11) is 0. The molecule has 0 aromatic heterocycles. The molecule has 1 atom stereocenters. The Hall–Kier alpha value is -1.22. The molecule has 21 heavy (non-hydrogen) atoms. The fourth-order valence-electron chi connectivity index (χ4n) is 3.61. The number of rotatable bonds is 4. The Balaban J connectivity index is 1.66. The lowest BCUT2D eigenvalue weighted by Gasteiger charge is -2.42. The van der Waals surface area contributed by atoms with Gasteiger partial charge in [-0.05, 0) is 51.8 Å². The molecule has 116 valence electrons. The molecule has 2 aliphatic heterocycles. The summed E-state index contributed by atoms with van der Waals surface area (Å²) in [5.74, 6) is 1.08. The SMILES string of the molecule is CC(C)N1CCCC(C)(COc2cccc3c2CCN3)C1. The van der Waals surface area contributed by atoms with Crippen molar-refractivity contribution < 1.29 is 4.74 Å². The molecule has 0 spiro atoms. The maximum absolute atomic E-state index is 6.25. The maximum atomic E-state index is 6.25. The van der Waals surface area contributed by atoms with Crippen LogP contribution in [0.1, 0.15) is 39.2 Å². The molecule has 1 unspecified atom stereocenters. The van der Waals surface area contributed by atoms with Gasteiger partial charge < -0.3 is 15.0 Å². The molecule has 0 amide bonds. The Kier molecular flexibility index (Phi) is 4.12. The van der Waals surface area contributed by atoms with E-state index in [1.54, 1.807) is 0 Å². The van der Waals surface area contributed by atoms with E-state index >= 15 is 0 Å². The first-order valence-electron chi connectivity index (χ1n) is 8.30. The molecule has 3 heteroatoms. The zero-order valence-electron chi connectivity index (χ0n) is 13.6.